The number of carbonyl (C=O) groups excluding carboxylic acids is 1. The second-order valence-corrected chi connectivity index (χ2v) is 6.60. The van der Waals surface area contributed by atoms with E-state index < -0.39 is 0 Å². The first kappa shape index (κ1) is 22.1. The SMILES string of the molecule is CCNCCOCC.CNC(=O)C(C)SC(=S)c1ccccc1. The van der Waals surface area contributed by atoms with Crippen LogP contribution in [0.5, 0.6) is 0 Å². The molecule has 1 aromatic carbocycles. The molecular formula is C17H28N2O2S2. The molecule has 0 aliphatic carbocycles. The second kappa shape index (κ2) is 14.6. The van der Waals surface area contributed by atoms with Crippen molar-refractivity contribution in [1.82, 2.24) is 10.6 Å². The van der Waals surface area contributed by atoms with Crippen molar-refractivity contribution >= 4 is 34.1 Å². The first-order chi connectivity index (χ1) is 11.1. The van der Waals surface area contributed by atoms with Crippen LogP contribution in [0.1, 0.15) is 26.3 Å². The van der Waals surface area contributed by atoms with Gasteiger partial charge in [-0.3, -0.25) is 4.79 Å². The van der Waals surface area contributed by atoms with Crippen LogP contribution in [-0.4, -0.2) is 48.7 Å². The van der Waals surface area contributed by atoms with Gasteiger partial charge in [0, 0.05) is 20.2 Å². The Morgan fingerprint density at radius 2 is 1.96 bits per heavy atom. The maximum Gasteiger partial charge on any atom is 0.232 e. The number of thiocarbonyl (C=S) groups is 1. The molecular weight excluding hydrogens is 328 g/mol. The van der Waals surface area contributed by atoms with Gasteiger partial charge in [-0.05, 0) is 26.0 Å². The Hall–Kier alpha value is -0.950. The van der Waals surface area contributed by atoms with E-state index in [4.69, 9.17) is 17.0 Å². The molecule has 0 spiro atoms. The number of likely N-dealkylation sites (N-methyl/N-ethyl adjacent to an activating group) is 1. The van der Waals surface area contributed by atoms with E-state index in [0.29, 0.717) is 0 Å². The van der Waals surface area contributed by atoms with Crippen LogP contribution in [-0.2, 0) is 9.53 Å². The van der Waals surface area contributed by atoms with E-state index in [0.717, 1.165) is 36.1 Å². The highest BCUT2D eigenvalue weighted by Gasteiger charge is 2.14. The molecule has 0 radical (unpaired) electrons. The summed E-state index contributed by atoms with van der Waals surface area (Å²) in [5, 5.41) is 5.61. The zero-order valence-corrected chi connectivity index (χ0v) is 16.1. The van der Waals surface area contributed by atoms with Crippen LogP contribution in [0.4, 0.5) is 0 Å². The van der Waals surface area contributed by atoms with Gasteiger partial charge in [0.15, 0.2) is 0 Å². The molecule has 4 nitrogen and oxygen atoms in total. The van der Waals surface area contributed by atoms with Crippen molar-refractivity contribution in [2.45, 2.75) is 26.0 Å². The van der Waals surface area contributed by atoms with E-state index in [-0.39, 0.29) is 11.2 Å². The van der Waals surface area contributed by atoms with E-state index in [1.54, 1.807) is 7.05 Å². The predicted octanol–water partition coefficient (Wildman–Crippen LogP) is 2.86. The minimum atomic E-state index is -0.150. The van der Waals surface area contributed by atoms with Gasteiger partial charge in [0.25, 0.3) is 0 Å². The third-order valence-corrected chi connectivity index (χ3v) is 4.33. The van der Waals surface area contributed by atoms with Crippen LogP contribution >= 0.6 is 24.0 Å². The fraction of sp³-hybridized carbons (Fsp3) is 0.529. The molecule has 0 bridgehead atoms. The number of carbonyl (C=O) groups is 1. The highest BCUT2D eigenvalue weighted by molar-refractivity contribution is 8.24. The number of ether oxygens (including phenoxy) is 1. The number of nitrogens with one attached hydrogen (secondary N) is 2. The van der Waals surface area contributed by atoms with E-state index in [1.807, 2.05) is 44.2 Å². The lowest BCUT2D eigenvalue weighted by molar-refractivity contribution is -0.119. The van der Waals surface area contributed by atoms with Gasteiger partial charge in [-0.2, -0.15) is 0 Å². The molecule has 1 aromatic rings. The average Bonchev–Trinajstić information content (AvgIpc) is 2.59. The Bertz CT molecular complexity index is 435. The van der Waals surface area contributed by atoms with E-state index in [2.05, 4.69) is 17.6 Å². The minimum absolute atomic E-state index is 0.00159. The number of amides is 1. The van der Waals surface area contributed by atoms with Crippen molar-refractivity contribution in [2.24, 2.45) is 0 Å². The van der Waals surface area contributed by atoms with Gasteiger partial charge in [-0.15, -0.1) is 11.8 Å². The summed E-state index contributed by atoms with van der Waals surface area (Å²) in [4.78, 5) is 11.3. The van der Waals surface area contributed by atoms with Crippen LogP contribution in [0.2, 0.25) is 0 Å². The summed E-state index contributed by atoms with van der Waals surface area (Å²) >= 11 is 6.65. The van der Waals surface area contributed by atoms with Gasteiger partial charge in [0.05, 0.1) is 16.1 Å². The fourth-order valence-corrected chi connectivity index (χ4v) is 2.91. The maximum atomic E-state index is 11.3. The summed E-state index contributed by atoms with van der Waals surface area (Å²) in [6, 6.07) is 9.72. The van der Waals surface area contributed by atoms with Crippen LogP contribution in [0.15, 0.2) is 30.3 Å². The summed E-state index contributed by atoms with van der Waals surface area (Å²) in [6.45, 7) is 9.61. The molecule has 23 heavy (non-hydrogen) atoms. The Morgan fingerprint density at radius 1 is 1.30 bits per heavy atom. The molecule has 0 saturated carbocycles. The van der Waals surface area contributed by atoms with Gasteiger partial charge >= 0.3 is 0 Å². The van der Waals surface area contributed by atoms with Gasteiger partial charge in [-0.1, -0.05) is 49.5 Å². The molecule has 1 rings (SSSR count). The molecule has 1 unspecified atom stereocenters. The molecule has 1 atom stereocenters. The molecule has 2 N–H and O–H groups in total. The summed E-state index contributed by atoms with van der Waals surface area (Å²) in [7, 11) is 1.63. The predicted molar refractivity (Wildman–Crippen MR) is 104 cm³/mol. The van der Waals surface area contributed by atoms with Gasteiger partial charge in [0.1, 0.15) is 0 Å². The fourth-order valence-electron chi connectivity index (χ4n) is 1.53. The van der Waals surface area contributed by atoms with Crippen LogP contribution in [0.3, 0.4) is 0 Å². The third kappa shape index (κ3) is 11.3. The van der Waals surface area contributed by atoms with E-state index in [9.17, 15) is 4.79 Å². The number of thioether (sulfide) groups is 1. The van der Waals surface area contributed by atoms with Gasteiger partial charge in [0.2, 0.25) is 5.91 Å². The van der Waals surface area contributed by atoms with Crippen LogP contribution in [0, 0.1) is 0 Å². The highest BCUT2D eigenvalue weighted by Crippen LogP contribution is 2.18. The largest absolute Gasteiger partial charge is 0.380 e. The molecule has 0 aliphatic rings. The first-order valence-corrected chi connectivity index (χ1v) is 9.11. The van der Waals surface area contributed by atoms with Crippen molar-refractivity contribution in [3.63, 3.8) is 0 Å². The first-order valence-electron chi connectivity index (χ1n) is 7.82. The average molecular weight is 357 g/mol. The Morgan fingerprint density at radius 3 is 2.48 bits per heavy atom. The second-order valence-electron chi connectivity index (χ2n) is 4.58. The van der Waals surface area contributed by atoms with E-state index >= 15 is 0 Å². The van der Waals surface area contributed by atoms with Crippen molar-refractivity contribution in [3.05, 3.63) is 35.9 Å². The normalized spacial score (nSPS) is 11.1. The number of benzene rings is 1. The monoisotopic (exact) mass is 356 g/mol. The molecule has 0 aromatic heterocycles. The summed E-state index contributed by atoms with van der Waals surface area (Å²) in [5.41, 5.74) is 0.994. The van der Waals surface area contributed by atoms with Crippen molar-refractivity contribution in [2.75, 3.05) is 33.4 Å². The smallest absolute Gasteiger partial charge is 0.232 e. The lowest BCUT2D eigenvalue weighted by Gasteiger charge is -2.10. The lowest BCUT2D eigenvalue weighted by atomic mass is 10.2. The molecule has 1 amide bonds. The molecule has 130 valence electrons. The Kier molecular flexibility index (Phi) is 14.0. The molecule has 0 saturated heterocycles. The highest BCUT2D eigenvalue weighted by atomic mass is 32.2. The number of hydrogen-bond acceptors (Lipinski definition) is 5. The van der Waals surface area contributed by atoms with Crippen LogP contribution < -0.4 is 10.6 Å². The Balaban J connectivity index is 0.000000515. The third-order valence-electron chi connectivity index (χ3n) is 2.79. The lowest BCUT2D eigenvalue weighted by Crippen LogP contribution is -2.28. The molecule has 6 heteroatoms. The maximum absolute atomic E-state index is 11.3. The standard InChI is InChI=1S/C11H13NOS2.C6H15NO/c1-8(10(13)12-2)15-11(14)9-6-4-3-5-7-9;1-3-7-5-6-8-4-2/h3-8H,1-2H3,(H,12,13);7H,3-6H2,1-2H3. The number of hydrogen-bond donors (Lipinski definition) is 2. The van der Waals surface area contributed by atoms with Crippen molar-refractivity contribution in [1.29, 1.82) is 0 Å². The minimum Gasteiger partial charge on any atom is -0.380 e. The number of rotatable bonds is 8. The summed E-state index contributed by atoms with van der Waals surface area (Å²) in [5.74, 6) is -0.00159. The zero-order valence-electron chi connectivity index (χ0n) is 14.4. The van der Waals surface area contributed by atoms with Gasteiger partial charge < -0.3 is 15.4 Å². The summed E-state index contributed by atoms with van der Waals surface area (Å²) in [6.07, 6.45) is 0. The van der Waals surface area contributed by atoms with Crippen molar-refractivity contribution in [3.8, 4) is 0 Å². The molecule has 0 fully saturated rings. The van der Waals surface area contributed by atoms with Crippen molar-refractivity contribution < 1.29 is 9.53 Å². The van der Waals surface area contributed by atoms with E-state index in [1.165, 1.54) is 11.8 Å². The quantitative estimate of drug-likeness (QED) is 0.554. The molecule has 0 heterocycles. The van der Waals surface area contributed by atoms with Crippen LogP contribution in [0.25, 0.3) is 0 Å². The topological polar surface area (TPSA) is 50.4 Å². The summed E-state index contributed by atoms with van der Waals surface area (Å²) < 4.78 is 5.83. The molecule has 0 aliphatic heterocycles. The van der Waals surface area contributed by atoms with Gasteiger partial charge in [-0.25, -0.2) is 0 Å². The Labute approximate surface area is 149 Å². The zero-order chi connectivity index (χ0) is 17.5.